The monoisotopic (exact) mass is 366 g/mol. The summed E-state index contributed by atoms with van der Waals surface area (Å²) in [5, 5.41) is 0. The van der Waals surface area contributed by atoms with E-state index in [0.29, 0.717) is 10.2 Å². The summed E-state index contributed by atoms with van der Waals surface area (Å²) < 4.78 is 82.2. The van der Waals surface area contributed by atoms with Crippen molar-refractivity contribution in [1.82, 2.24) is 0 Å². The third-order valence-electron chi connectivity index (χ3n) is 2.03. The topological polar surface area (TPSA) is 18.5 Å². The molecule has 0 N–H and O–H groups in total. The van der Waals surface area contributed by atoms with E-state index >= 15 is 0 Å². The lowest BCUT2D eigenvalue weighted by atomic mass is 10.3. The molecule has 0 spiro atoms. The second-order valence-corrected chi connectivity index (χ2v) is 4.56. The highest BCUT2D eigenvalue weighted by Gasteiger charge is 2.57. The van der Waals surface area contributed by atoms with Crippen molar-refractivity contribution >= 4 is 15.9 Å². The molecule has 0 aromatic heterocycles. The summed E-state index contributed by atoms with van der Waals surface area (Å²) in [7, 11) is 0. The smallest absolute Gasteiger partial charge is 0.423 e. The van der Waals surface area contributed by atoms with Crippen LogP contribution in [0.1, 0.15) is 0 Å². The Morgan fingerprint density at radius 2 is 1.60 bits per heavy atom. The first kappa shape index (κ1) is 17.1. The third kappa shape index (κ3) is 5.58. The van der Waals surface area contributed by atoms with E-state index in [4.69, 9.17) is 4.74 Å². The molecule has 9 heteroatoms. The number of benzene rings is 1. The van der Waals surface area contributed by atoms with E-state index in [1.54, 1.807) is 12.1 Å². The molecule has 0 amide bonds. The second kappa shape index (κ2) is 6.66. The van der Waals surface area contributed by atoms with Crippen LogP contribution in [0.15, 0.2) is 28.7 Å². The van der Waals surface area contributed by atoms with Crippen LogP contribution in [0, 0.1) is 0 Å². The van der Waals surface area contributed by atoms with Gasteiger partial charge in [-0.3, -0.25) is 0 Å². The Morgan fingerprint density at radius 1 is 1.00 bits per heavy atom. The summed E-state index contributed by atoms with van der Waals surface area (Å²) in [6, 6.07) is 6.32. The van der Waals surface area contributed by atoms with E-state index in [1.165, 1.54) is 12.1 Å². The van der Waals surface area contributed by atoms with Gasteiger partial charge in [-0.05, 0) is 18.2 Å². The second-order valence-electron chi connectivity index (χ2n) is 3.64. The minimum Gasteiger partial charge on any atom is -0.491 e. The summed E-state index contributed by atoms with van der Waals surface area (Å²) in [6.45, 7) is -1.27. The molecule has 0 aliphatic rings. The van der Waals surface area contributed by atoms with Crippen molar-refractivity contribution in [2.45, 2.75) is 18.5 Å². The highest BCUT2D eigenvalue weighted by atomic mass is 79.9. The molecule has 1 rings (SSSR count). The van der Waals surface area contributed by atoms with Crippen molar-refractivity contribution in [3.05, 3.63) is 28.7 Å². The zero-order chi connectivity index (χ0) is 15.4. The minimum atomic E-state index is -5.51. The maximum absolute atomic E-state index is 12.1. The van der Waals surface area contributed by atoms with Gasteiger partial charge in [0, 0.05) is 4.47 Å². The van der Waals surface area contributed by atoms with Crippen LogP contribution >= 0.6 is 15.9 Å². The summed E-state index contributed by atoms with van der Waals surface area (Å²) >= 11 is 3.14. The van der Waals surface area contributed by atoms with Gasteiger partial charge in [0.05, 0.1) is 6.61 Å². The van der Waals surface area contributed by atoms with E-state index in [-0.39, 0.29) is 0 Å². The summed E-state index contributed by atoms with van der Waals surface area (Å²) in [5.74, 6) is 0.304. The van der Waals surface area contributed by atoms with Gasteiger partial charge in [0.1, 0.15) is 12.4 Å². The molecule has 114 valence electrons. The maximum Gasteiger partial charge on any atom is 0.423 e. The number of alkyl halides is 6. The third-order valence-corrected chi connectivity index (χ3v) is 2.52. The van der Waals surface area contributed by atoms with Crippen LogP contribution < -0.4 is 4.74 Å². The molecule has 1 aromatic carbocycles. The Labute approximate surface area is 118 Å². The molecule has 0 atom stereocenters. The van der Waals surface area contributed by atoms with Gasteiger partial charge in [-0.15, -0.1) is 0 Å². The van der Waals surface area contributed by atoms with Crippen molar-refractivity contribution in [2.24, 2.45) is 0 Å². The average Bonchev–Trinajstić information content (AvgIpc) is 2.25. The fourth-order valence-electron chi connectivity index (χ4n) is 1.26. The van der Waals surface area contributed by atoms with E-state index in [9.17, 15) is 26.3 Å². The number of halogens is 7. The van der Waals surface area contributed by atoms with Crippen molar-refractivity contribution < 1.29 is 35.8 Å². The normalized spacial score (nSPS) is 12.8. The summed E-state index contributed by atoms with van der Waals surface area (Å²) in [5.41, 5.74) is 0. The standard InChI is InChI=1S/C11H9BrF6O2/c12-7-2-1-3-8(6-7)19-4-5-20-9(10(13,14)15)11(16,17)18/h1-3,6,9H,4-5H2. The zero-order valence-electron chi connectivity index (χ0n) is 9.76. The molecule has 0 unspecified atom stereocenters. The van der Waals surface area contributed by atoms with E-state index in [0.717, 1.165) is 0 Å². The first-order chi connectivity index (χ1) is 9.10. The van der Waals surface area contributed by atoms with Gasteiger partial charge in [0.2, 0.25) is 6.10 Å². The molecule has 0 aliphatic heterocycles. The van der Waals surface area contributed by atoms with Crippen LogP contribution in [-0.2, 0) is 4.74 Å². The van der Waals surface area contributed by atoms with Gasteiger partial charge in [-0.1, -0.05) is 22.0 Å². The van der Waals surface area contributed by atoms with Gasteiger partial charge in [0.25, 0.3) is 0 Å². The van der Waals surface area contributed by atoms with Gasteiger partial charge < -0.3 is 9.47 Å². The van der Waals surface area contributed by atoms with Gasteiger partial charge in [-0.2, -0.15) is 26.3 Å². The van der Waals surface area contributed by atoms with Gasteiger partial charge in [-0.25, -0.2) is 0 Å². The summed E-state index contributed by atoms with van der Waals surface area (Å²) in [4.78, 5) is 0. The maximum atomic E-state index is 12.1. The molecule has 1 aromatic rings. The van der Waals surface area contributed by atoms with Crippen molar-refractivity contribution in [3.63, 3.8) is 0 Å². The SMILES string of the molecule is FC(F)(F)C(OCCOc1cccc(Br)c1)C(F)(F)F. The molecule has 0 radical (unpaired) electrons. The Hall–Kier alpha value is -0.960. The van der Waals surface area contributed by atoms with Crippen LogP contribution in [0.4, 0.5) is 26.3 Å². The molecule has 0 heterocycles. The molecule has 0 saturated heterocycles. The average molecular weight is 367 g/mol. The molecular formula is C11H9BrF6O2. The van der Waals surface area contributed by atoms with Crippen LogP contribution in [0.25, 0.3) is 0 Å². The first-order valence-electron chi connectivity index (χ1n) is 5.24. The highest BCUT2D eigenvalue weighted by Crippen LogP contribution is 2.35. The molecule has 0 aliphatic carbocycles. The Bertz CT molecular complexity index is 418. The van der Waals surface area contributed by atoms with Crippen LogP contribution in [0.5, 0.6) is 5.75 Å². The summed E-state index contributed by atoms with van der Waals surface area (Å²) in [6.07, 6.45) is -14.8. The van der Waals surface area contributed by atoms with Crippen molar-refractivity contribution in [3.8, 4) is 5.75 Å². The molecule has 0 fully saturated rings. The molecular weight excluding hydrogens is 358 g/mol. The minimum absolute atomic E-state index is 0.304. The number of rotatable bonds is 5. The lowest BCUT2D eigenvalue weighted by molar-refractivity contribution is -0.322. The Kier molecular flexibility index (Phi) is 5.69. The first-order valence-corrected chi connectivity index (χ1v) is 6.03. The van der Waals surface area contributed by atoms with E-state index < -0.39 is 31.7 Å². The van der Waals surface area contributed by atoms with E-state index in [1.807, 2.05) is 0 Å². The Morgan fingerprint density at radius 3 is 2.10 bits per heavy atom. The molecule has 0 bridgehead atoms. The lowest BCUT2D eigenvalue weighted by Crippen LogP contribution is -2.44. The lowest BCUT2D eigenvalue weighted by Gasteiger charge is -2.23. The van der Waals surface area contributed by atoms with Crippen LogP contribution in [-0.4, -0.2) is 31.7 Å². The zero-order valence-corrected chi connectivity index (χ0v) is 11.3. The van der Waals surface area contributed by atoms with Crippen molar-refractivity contribution in [2.75, 3.05) is 13.2 Å². The van der Waals surface area contributed by atoms with Crippen molar-refractivity contribution in [1.29, 1.82) is 0 Å². The van der Waals surface area contributed by atoms with Gasteiger partial charge >= 0.3 is 12.4 Å². The molecule has 2 nitrogen and oxygen atoms in total. The molecule has 20 heavy (non-hydrogen) atoms. The van der Waals surface area contributed by atoms with Gasteiger partial charge in [0.15, 0.2) is 0 Å². The fourth-order valence-corrected chi connectivity index (χ4v) is 1.64. The predicted molar refractivity (Wildman–Crippen MR) is 61.5 cm³/mol. The number of hydrogen-bond acceptors (Lipinski definition) is 2. The Balaban J connectivity index is 2.46. The fraction of sp³-hybridized carbons (Fsp3) is 0.455. The number of ether oxygens (including phenoxy) is 2. The van der Waals surface area contributed by atoms with Crippen LogP contribution in [0.2, 0.25) is 0 Å². The highest BCUT2D eigenvalue weighted by molar-refractivity contribution is 9.10. The van der Waals surface area contributed by atoms with E-state index in [2.05, 4.69) is 20.7 Å². The largest absolute Gasteiger partial charge is 0.491 e. The predicted octanol–water partition coefficient (Wildman–Crippen LogP) is 4.34. The van der Waals surface area contributed by atoms with Crippen LogP contribution in [0.3, 0.4) is 0 Å². The molecule has 0 saturated carbocycles. The quantitative estimate of drug-likeness (QED) is 0.570. The number of hydrogen-bond donors (Lipinski definition) is 0.